The van der Waals surface area contributed by atoms with Crippen LogP contribution in [0.5, 0.6) is 0 Å². The van der Waals surface area contributed by atoms with Crippen LogP contribution in [-0.4, -0.2) is 19.8 Å². The van der Waals surface area contributed by atoms with E-state index in [4.69, 9.17) is 23.2 Å². The van der Waals surface area contributed by atoms with E-state index in [-0.39, 0.29) is 0 Å². The van der Waals surface area contributed by atoms with Gasteiger partial charge in [-0.05, 0) is 24.6 Å². The van der Waals surface area contributed by atoms with Gasteiger partial charge >= 0.3 is 0 Å². The lowest BCUT2D eigenvalue weighted by Gasteiger charge is -2.02. The lowest BCUT2D eigenvalue weighted by atomic mass is 10.3. The van der Waals surface area contributed by atoms with Gasteiger partial charge in [0.15, 0.2) is 11.1 Å². The number of anilines is 2. The second kappa shape index (κ2) is 7.08. The monoisotopic (exact) mass is 332 g/mol. The second-order valence-electron chi connectivity index (χ2n) is 4.16. The van der Waals surface area contributed by atoms with Crippen molar-refractivity contribution >= 4 is 45.8 Å². The first-order valence-corrected chi connectivity index (χ1v) is 8.00. The first kappa shape index (κ1) is 15.3. The second-order valence-corrected chi connectivity index (χ2v) is 5.92. The molecular weight excluding hydrogens is 319 g/mol. The van der Waals surface area contributed by atoms with Crippen molar-refractivity contribution in [3.05, 3.63) is 33.7 Å². The Bertz CT molecular complexity index is 633. The summed E-state index contributed by atoms with van der Waals surface area (Å²) in [6, 6.07) is 5.05. The Morgan fingerprint density at radius 3 is 2.70 bits per heavy atom. The molecule has 0 saturated heterocycles. The van der Waals surface area contributed by atoms with Gasteiger partial charge in [0.2, 0.25) is 11.3 Å². The van der Waals surface area contributed by atoms with Crippen molar-refractivity contribution in [3.63, 3.8) is 0 Å². The lowest BCUT2D eigenvalue weighted by molar-refractivity contribution is 0.584. The third kappa shape index (κ3) is 4.21. The molecule has 0 fully saturated rings. The summed E-state index contributed by atoms with van der Waals surface area (Å²) < 4.78 is 18.1. The van der Waals surface area contributed by atoms with E-state index in [0.717, 1.165) is 12.8 Å². The maximum Gasteiger partial charge on any atom is 0.236 e. The summed E-state index contributed by atoms with van der Waals surface area (Å²) in [6.45, 7) is 2.74. The molecule has 2 rings (SSSR count). The van der Waals surface area contributed by atoms with Crippen LogP contribution in [-0.2, 0) is 0 Å². The van der Waals surface area contributed by atoms with Crippen molar-refractivity contribution in [2.24, 2.45) is 4.99 Å². The van der Waals surface area contributed by atoms with Gasteiger partial charge in [-0.1, -0.05) is 36.5 Å². The third-order valence-electron chi connectivity index (χ3n) is 2.49. The average Bonchev–Trinajstić information content (AvgIpc) is 2.68. The minimum Gasteiger partial charge on any atom is -0.548 e. The van der Waals surface area contributed by atoms with E-state index < -0.39 is 11.1 Å². The standard InChI is InChI=1S/C12H14Cl2N4OS/c1-2-3-4-15-11-12(18-20(19)17-11)16-10-6-8(13)5-9(14)7-10/h5-7H,2-4H2,1H3,(H,15,17)(H,16,18). The smallest absolute Gasteiger partial charge is 0.236 e. The van der Waals surface area contributed by atoms with Gasteiger partial charge in [0.25, 0.3) is 0 Å². The summed E-state index contributed by atoms with van der Waals surface area (Å²) in [7, 11) is 0. The summed E-state index contributed by atoms with van der Waals surface area (Å²) in [6.07, 6.45) is 2.01. The number of benzene rings is 1. The fourth-order valence-electron chi connectivity index (χ4n) is 1.58. The van der Waals surface area contributed by atoms with Gasteiger partial charge in [-0.2, -0.15) is 0 Å². The molecule has 108 valence electrons. The molecule has 0 bridgehead atoms. The number of hydrogen-bond acceptors (Lipinski definition) is 4. The Labute approximate surface area is 129 Å². The molecule has 0 spiro atoms. The van der Waals surface area contributed by atoms with Crippen LogP contribution >= 0.6 is 34.3 Å². The van der Waals surface area contributed by atoms with Crippen LogP contribution in [0.1, 0.15) is 19.8 Å². The van der Waals surface area contributed by atoms with E-state index in [2.05, 4.69) is 26.0 Å². The van der Waals surface area contributed by atoms with Gasteiger partial charge in [0.05, 0.1) is 0 Å². The van der Waals surface area contributed by atoms with Crippen molar-refractivity contribution in [1.82, 2.24) is 8.75 Å². The molecule has 1 unspecified atom stereocenters. The summed E-state index contributed by atoms with van der Waals surface area (Å²) >= 11 is 10.4. The summed E-state index contributed by atoms with van der Waals surface area (Å²) in [5, 5.41) is 4.05. The van der Waals surface area contributed by atoms with Crippen LogP contribution in [0.2, 0.25) is 10.0 Å². The number of hydrogen-bond donors (Lipinski definition) is 2. The zero-order valence-electron chi connectivity index (χ0n) is 10.8. The molecule has 1 atom stereocenters. The van der Waals surface area contributed by atoms with Crippen LogP contribution in [0.25, 0.3) is 0 Å². The topological polar surface area (TPSA) is 76.1 Å². The Hall–Kier alpha value is -1.08. The number of nitrogens with one attached hydrogen (secondary N) is 2. The molecule has 0 aliphatic carbocycles. The number of H-pyrrole nitrogens is 1. The molecule has 0 radical (unpaired) electrons. The van der Waals surface area contributed by atoms with Crippen molar-refractivity contribution in [1.29, 1.82) is 0 Å². The molecule has 0 amide bonds. The number of nitrogens with zero attached hydrogens (tertiary/aromatic N) is 2. The third-order valence-corrected chi connectivity index (χ3v) is 3.64. The summed E-state index contributed by atoms with van der Waals surface area (Å²) in [4.78, 5) is 4.34. The highest BCUT2D eigenvalue weighted by molar-refractivity contribution is 7.13. The van der Waals surface area contributed by atoms with Gasteiger partial charge in [-0.15, -0.1) is 4.37 Å². The molecule has 2 aromatic rings. The van der Waals surface area contributed by atoms with Crippen molar-refractivity contribution in [3.8, 4) is 0 Å². The number of aromatic amines is 1. The van der Waals surface area contributed by atoms with Gasteiger partial charge in [-0.25, -0.2) is 0 Å². The van der Waals surface area contributed by atoms with E-state index in [1.807, 2.05) is 0 Å². The van der Waals surface area contributed by atoms with E-state index >= 15 is 0 Å². The molecular formula is C12H14Cl2N4OS. The summed E-state index contributed by atoms with van der Waals surface area (Å²) in [5.41, 5.74) is 1.16. The normalized spacial score (nSPS) is 12.8. The average molecular weight is 333 g/mol. The minimum atomic E-state index is -1.49. The lowest BCUT2D eigenvalue weighted by Crippen LogP contribution is -2.09. The molecule has 1 aromatic carbocycles. The number of unbranched alkanes of at least 4 members (excludes halogenated alkanes) is 1. The highest BCUT2D eigenvalue weighted by atomic mass is 35.5. The van der Waals surface area contributed by atoms with Crippen LogP contribution in [0.3, 0.4) is 0 Å². The molecule has 0 saturated carbocycles. The van der Waals surface area contributed by atoms with Gasteiger partial charge in [0.1, 0.15) is 0 Å². The SMILES string of the molecule is CCCCN=c1[nH][s+]([O-])nc1Nc1cc(Cl)cc(Cl)c1. The van der Waals surface area contributed by atoms with Gasteiger partial charge < -0.3 is 9.87 Å². The van der Waals surface area contributed by atoms with Gasteiger partial charge in [-0.3, -0.25) is 4.99 Å². The van der Waals surface area contributed by atoms with Crippen LogP contribution in [0, 0.1) is 0 Å². The predicted octanol–water partition coefficient (Wildman–Crippen LogP) is 3.89. The molecule has 8 heteroatoms. The number of aromatic nitrogens is 2. The van der Waals surface area contributed by atoms with Crippen LogP contribution in [0.4, 0.5) is 11.5 Å². The first-order chi connectivity index (χ1) is 9.58. The zero-order chi connectivity index (χ0) is 14.5. The van der Waals surface area contributed by atoms with Crippen molar-refractivity contribution in [2.45, 2.75) is 19.8 Å². The first-order valence-electron chi connectivity index (χ1n) is 6.13. The largest absolute Gasteiger partial charge is 0.548 e. The maximum atomic E-state index is 11.5. The van der Waals surface area contributed by atoms with E-state index in [9.17, 15) is 4.55 Å². The molecule has 0 aliphatic rings. The zero-order valence-corrected chi connectivity index (χ0v) is 13.1. The Kier molecular flexibility index (Phi) is 5.42. The maximum absolute atomic E-state index is 11.5. The highest BCUT2D eigenvalue weighted by Crippen LogP contribution is 2.24. The molecule has 2 N–H and O–H groups in total. The Morgan fingerprint density at radius 2 is 2.05 bits per heavy atom. The highest BCUT2D eigenvalue weighted by Gasteiger charge is 2.09. The Balaban J connectivity index is 2.26. The summed E-state index contributed by atoms with van der Waals surface area (Å²) in [5.74, 6) is 0.428. The van der Waals surface area contributed by atoms with E-state index in [1.165, 1.54) is 0 Å². The number of rotatable bonds is 5. The fraction of sp³-hybridized carbons (Fsp3) is 0.333. The van der Waals surface area contributed by atoms with E-state index in [1.54, 1.807) is 18.2 Å². The fourth-order valence-corrected chi connectivity index (χ4v) is 2.78. The predicted molar refractivity (Wildman–Crippen MR) is 82.3 cm³/mol. The Morgan fingerprint density at radius 1 is 1.35 bits per heavy atom. The van der Waals surface area contributed by atoms with Crippen molar-refractivity contribution < 1.29 is 4.55 Å². The quantitative estimate of drug-likeness (QED) is 0.644. The van der Waals surface area contributed by atoms with Crippen molar-refractivity contribution in [2.75, 3.05) is 11.9 Å². The van der Waals surface area contributed by atoms with E-state index in [0.29, 0.717) is 33.6 Å². The minimum absolute atomic E-state index is 0.428. The molecule has 1 aromatic heterocycles. The number of halogens is 2. The van der Waals surface area contributed by atoms with Crippen LogP contribution < -0.4 is 10.8 Å². The molecule has 20 heavy (non-hydrogen) atoms. The molecule has 0 aliphatic heterocycles. The molecule has 5 nitrogen and oxygen atoms in total. The van der Waals surface area contributed by atoms with Crippen LogP contribution in [0.15, 0.2) is 23.2 Å². The van der Waals surface area contributed by atoms with Gasteiger partial charge in [0, 0.05) is 26.7 Å². The molecule has 1 heterocycles.